The van der Waals surface area contributed by atoms with Crippen LogP contribution in [0.4, 0.5) is 5.69 Å². The summed E-state index contributed by atoms with van der Waals surface area (Å²) in [5.74, 6) is -0.0539. The van der Waals surface area contributed by atoms with Crippen molar-refractivity contribution in [2.45, 2.75) is 19.6 Å². The molecule has 160 valence electrons. The van der Waals surface area contributed by atoms with Crippen LogP contribution in [0.15, 0.2) is 48.0 Å². The Morgan fingerprint density at radius 2 is 1.90 bits per heavy atom. The minimum absolute atomic E-state index is 0.173. The number of nitriles is 1. The summed E-state index contributed by atoms with van der Waals surface area (Å²) < 4.78 is 15.7. The summed E-state index contributed by atoms with van der Waals surface area (Å²) in [6, 6.07) is 14.5. The Balaban J connectivity index is 1.56. The average Bonchev–Trinajstić information content (AvgIpc) is 3.23. The zero-order valence-electron chi connectivity index (χ0n) is 17.5. The van der Waals surface area contributed by atoms with Gasteiger partial charge in [-0.25, -0.2) is 4.79 Å². The summed E-state index contributed by atoms with van der Waals surface area (Å²) in [5, 5.41) is 12.0. The van der Waals surface area contributed by atoms with Gasteiger partial charge < -0.3 is 24.4 Å². The molecule has 0 unspecified atom stereocenters. The van der Waals surface area contributed by atoms with E-state index in [0.717, 1.165) is 11.3 Å². The number of nitrogens with zero attached hydrogens (tertiary/aromatic N) is 2. The number of nitrogens with one attached hydrogen (secondary N) is 1. The monoisotopic (exact) mass is 421 g/mol. The molecule has 1 amide bonds. The van der Waals surface area contributed by atoms with Crippen LogP contribution in [-0.2, 0) is 20.9 Å². The van der Waals surface area contributed by atoms with Gasteiger partial charge in [-0.15, -0.1) is 0 Å². The molecule has 1 heterocycles. The van der Waals surface area contributed by atoms with Gasteiger partial charge >= 0.3 is 5.97 Å². The third-order valence-corrected chi connectivity index (χ3v) is 4.62. The molecular weight excluding hydrogens is 398 g/mol. The smallest absolute Gasteiger partial charge is 0.349 e. The summed E-state index contributed by atoms with van der Waals surface area (Å²) in [6.45, 7) is 1.86. The first kappa shape index (κ1) is 21.7. The second kappa shape index (κ2) is 9.67. The first-order valence-electron chi connectivity index (χ1n) is 9.64. The number of esters is 1. The normalized spacial score (nSPS) is 13.2. The molecule has 8 nitrogen and oxygen atoms in total. The van der Waals surface area contributed by atoms with Crippen molar-refractivity contribution in [1.29, 1.82) is 5.26 Å². The lowest BCUT2D eigenvalue weighted by Crippen LogP contribution is -2.35. The number of anilines is 1. The molecule has 0 aliphatic carbocycles. The number of ether oxygens (including phenoxy) is 3. The lowest BCUT2D eigenvalue weighted by atomic mass is 10.1. The van der Waals surface area contributed by atoms with Gasteiger partial charge in [0, 0.05) is 26.3 Å². The lowest BCUT2D eigenvalue weighted by Gasteiger charge is -2.14. The highest BCUT2D eigenvalue weighted by atomic mass is 16.7. The minimum atomic E-state index is -1.06. The Bertz CT molecular complexity index is 1040. The number of hydrogen-bond donors (Lipinski definition) is 1. The van der Waals surface area contributed by atoms with Crippen LogP contribution < -0.4 is 19.7 Å². The fourth-order valence-corrected chi connectivity index (χ4v) is 2.83. The number of amides is 1. The van der Waals surface area contributed by atoms with Gasteiger partial charge in [0.25, 0.3) is 5.91 Å². The molecule has 2 aromatic carbocycles. The molecule has 0 fully saturated rings. The largest absolute Gasteiger partial charge is 0.454 e. The first-order valence-corrected chi connectivity index (χ1v) is 9.64. The van der Waals surface area contributed by atoms with Crippen LogP contribution in [0.2, 0.25) is 0 Å². The van der Waals surface area contributed by atoms with Crippen molar-refractivity contribution in [3.8, 4) is 17.6 Å². The van der Waals surface area contributed by atoms with Crippen molar-refractivity contribution in [3.63, 3.8) is 0 Å². The van der Waals surface area contributed by atoms with Crippen molar-refractivity contribution in [2.24, 2.45) is 0 Å². The first-order chi connectivity index (χ1) is 14.9. The van der Waals surface area contributed by atoms with Crippen molar-refractivity contribution in [2.75, 3.05) is 25.8 Å². The van der Waals surface area contributed by atoms with E-state index < -0.39 is 18.0 Å². The SMILES string of the molecule is C[C@@H](OC(=O)/C(C#N)=C\c1ccc(N(C)C)cc1)C(=O)NCc1ccc2c(c1)OCO2. The molecule has 1 atom stereocenters. The van der Waals surface area contributed by atoms with Gasteiger partial charge in [-0.2, -0.15) is 5.26 Å². The van der Waals surface area contributed by atoms with Crippen LogP contribution in [0, 0.1) is 11.3 Å². The van der Waals surface area contributed by atoms with Crippen LogP contribution in [0.1, 0.15) is 18.1 Å². The molecule has 0 radical (unpaired) electrons. The van der Waals surface area contributed by atoms with E-state index in [1.807, 2.05) is 43.3 Å². The van der Waals surface area contributed by atoms with Crippen LogP contribution in [-0.4, -0.2) is 38.9 Å². The van der Waals surface area contributed by atoms with E-state index in [1.165, 1.54) is 13.0 Å². The molecule has 0 saturated carbocycles. The Labute approximate surface area is 180 Å². The molecule has 0 spiro atoms. The molecular formula is C23H23N3O5. The number of rotatable bonds is 7. The molecule has 0 bridgehead atoms. The van der Waals surface area contributed by atoms with Gasteiger partial charge in [0.15, 0.2) is 17.6 Å². The quantitative estimate of drug-likeness (QED) is 0.417. The summed E-state index contributed by atoms with van der Waals surface area (Å²) in [6.07, 6.45) is 0.369. The Morgan fingerprint density at radius 1 is 1.19 bits per heavy atom. The van der Waals surface area contributed by atoms with E-state index in [4.69, 9.17) is 14.2 Å². The van der Waals surface area contributed by atoms with Gasteiger partial charge in [-0.1, -0.05) is 18.2 Å². The highest BCUT2D eigenvalue weighted by Gasteiger charge is 2.21. The predicted molar refractivity (Wildman–Crippen MR) is 114 cm³/mol. The van der Waals surface area contributed by atoms with Crippen LogP contribution in [0.5, 0.6) is 11.5 Å². The highest BCUT2D eigenvalue weighted by Crippen LogP contribution is 2.32. The molecule has 8 heteroatoms. The van der Waals surface area contributed by atoms with E-state index in [-0.39, 0.29) is 18.9 Å². The number of carbonyl (C=O) groups is 2. The van der Waals surface area contributed by atoms with E-state index in [0.29, 0.717) is 17.1 Å². The van der Waals surface area contributed by atoms with Gasteiger partial charge in [0.2, 0.25) is 6.79 Å². The molecule has 31 heavy (non-hydrogen) atoms. The van der Waals surface area contributed by atoms with Crippen molar-refractivity contribution >= 4 is 23.6 Å². The molecule has 1 N–H and O–H groups in total. The van der Waals surface area contributed by atoms with Crippen LogP contribution in [0.25, 0.3) is 6.08 Å². The second-order valence-corrected chi connectivity index (χ2v) is 7.11. The van der Waals surface area contributed by atoms with Gasteiger partial charge in [0.1, 0.15) is 11.6 Å². The van der Waals surface area contributed by atoms with E-state index in [1.54, 1.807) is 24.3 Å². The van der Waals surface area contributed by atoms with E-state index in [9.17, 15) is 14.9 Å². The fourth-order valence-electron chi connectivity index (χ4n) is 2.83. The Hall–Kier alpha value is -3.99. The summed E-state index contributed by atoms with van der Waals surface area (Å²) in [7, 11) is 3.84. The maximum absolute atomic E-state index is 12.3. The van der Waals surface area contributed by atoms with Gasteiger partial charge in [0.05, 0.1) is 0 Å². The molecule has 2 aromatic rings. The third-order valence-electron chi connectivity index (χ3n) is 4.62. The third kappa shape index (κ3) is 5.54. The number of benzene rings is 2. The van der Waals surface area contributed by atoms with Gasteiger partial charge in [-0.05, 0) is 48.4 Å². The molecule has 0 saturated heterocycles. The van der Waals surface area contributed by atoms with Gasteiger partial charge in [-0.3, -0.25) is 4.79 Å². The Kier molecular flexibility index (Phi) is 6.78. The number of hydrogen-bond acceptors (Lipinski definition) is 7. The topological polar surface area (TPSA) is 101 Å². The van der Waals surface area contributed by atoms with Crippen molar-refractivity contribution < 1.29 is 23.8 Å². The summed E-state index contributed by atoms with van der Waals surface area (Å²) >= 11 is 0. The standard InChI is InChI=1S/C23H23N3O5/c1-15(22(27)25-13-17-6-9-20-21(11-17)30-14-29-20)31-23(28)18(12-24)10-16-4-7-19(8-5-16)26(2)3/h4-11,15H,13-14H2,1-3H3,(H,25,27)/b18-10-/t15-/m1/s1. The number of fused-ring (bicyclic) bond motifs is 1. The average molecular weight is 421 g/mol. The zero-order chi connectivity index (χ0) is 22.4. The summed E-state index contributed by atoms with van der Waals surface area (Å²) in [5.41, 5.74) is 2.30. The molecule has 1 aliphatic rings. The second-order valence-electron chi connectivity index (χ2n) is 7.11. The highest BCUT2D eigenvalue weighted by molar-refractivity contribution is 5.99. The van der Waals surface area contributed by atoms with Crippen molar-refractivity contribution in [3.05, 3.63) is 59.2 Å². The maximum Gasteiger partial charge on any atom is 0.349 e. The van der Waals surface area contributed by atoms with E-state index >= 15 is 0 Å². The molecule has 3 rings (SSSR count). The summed E-state index contributed by atoms with van der Waals surface area (Å²) in [4.78, 5) is 26.6. The lowest BCUT2D eigenvalue weighted by molar-refractivity contribution is -0.150. The predicted octanol–water partition coefficient (Wildman–Crippen LogP) is 2.64. The van der Waals surface area contributed by atoms with Crippen molar-refractivity contribution in [1.82, 2.24) is 5.32 Å². The Morgan fingerprint density at radius 3 is 2.58 bits per heavy atom. The number of carbonyl (C=O) groups excluding carboxylic acids is 2. The fraction of sp³-hybridized carbons (Fsp3) is 0.261. The molecule has 0 aromatic heterocycles. The van der Waals surface area contributed by atoms with Crippen LogP contribution >= 0.6 is 0 Å². The molecule has 1 aliphatic heterocycles. The van der Waals surface area contributed by atoms with Crippen LogP contribution in [0.3, 0.4) is 0 Å². The minimum Gasteiger partial charge on any atom is -0.454 e. The zero-order valence-corrected chi connectivity index (χ0v) is 17.5. The van der Waals surface area contributed by atoms with E-state index in [2.05, 4.69) is 5.32 Å². The maximum atomic E-state index is 12.3.